The Morgan fingerprint density at radius 1 is 1.19 bits per heavy atom. The number of hydrogen-bond acceptors (Lipinski definition) is 5. The Bertz CT molecular complexity index is 812. The molecule has 1 amide bonds. The number of ether oxygens (including phenoxy) is 1. The van der Waals surface area contributed by atoms with Crippen LogP contribution in [0.15, 0.2) is 36.5 Å². The minimum atomic E-state index is -0.395. The standard InChI is InChI=1S/C14H13N5O2/c1-19-11(7-8-15-19)18-13(20)12-14(21-2)17-10-6-4-3-5-9(10)16-12/h3-8H,1-2H3,(H,18,20). The van der Waals surface area contributed by atoms with E-state index in [9.17, 15) is 4.79 Å². The molecule has 3 aromatic rings. The number of rotatable bonds is 3. The third-order valence-corrected chi connectivity index (χ3v) is 3.01. The molecule has 0 saturated heterocycles. The van der Waals surface area contributed by atoms with Crippen molar-refractivity contribution in [3.05, 3.63) is 42.2 Å². The molecule has 0 saturated carbocycles. The summed E-state index contributed by atoms with van der Waals surface area (Å²) in [5, 5.41) is 6.72. The van der Waals surface area contributed by atoms with Gasteiger partial charge in [0.25, 0.3) is 5.91 Å². The van der Waals surface area contributed by atoms with E-state index in [0.717, 1.165) is 0 Å². The molecule has 0 unspecified atom stereocenters. The lowest BCUT2D eigenvalue weighted by molar-refractivity contribution is 0.101. The summed E-state index contributed by atoms with van der Waals surface area (Å²) < 4.78 is 6.72. The second-order valence-electron chi connectivity index (χ2n) is 4.36. The van der Waals surface area contributed by atoms with Crippen LogP contribution in [-0.4, -0.2) is 32.8 Å². The van der Waals surface area contributed by atoms with Crippen LogP contribution in [0.2, 0.25) is 0 Å². The van der Waals surface area contributed by atoms with E-state index in [4.69, 9.17) is 4.74 Å². The van der Waals surface area contributed by atoms with Gasteiger partial charge in [-0.3, -0.25) is 9.48 Å². The molecule has 0 bridgehead atoms. The van der Waals surface area contributed by atoms with Gasteiger partial charge >= 0.3 is 0 Å². The van der Waals surface area contributed by atoms with Gasteiger partial charge in [-0.1, -0.05) is 12.1 Å². The number of nitrogens with zero attached hydrogens (tertiary/aromatic N) is 4. The number of nitrogens with one attached hydrogen (secondary N) is 1. The van der Waals surface area contributed by atoms with Crippen LogP contribution in [0.3, 0.4) is 0 Å². The van der Waals surface area contributed by atoms with Crippen LogP contribution in [-0.2, 0) is 7.05 Å². The van der Waals surface area contributed by atoms with Crippen LogP contribution in [0.5, 0.6) is 5.88 Å². The Kier molecular flexibility index (Phi) is 3.23. The van der Waals surface area contributed by atoms with E-state index in [1.165, 1.54) is 7.11 Å². The van der Waals surface area contributed by atoms with Crippen molar-refractivity contribution >= 4 is 22.8 Å². The van der Waals surface area contributed by atoms with Crippen molar-refractivity contribution in [3.63, 3.8) is 0 Å². The lowest BCUT2D eigenvalue weighted by Gasteiger charge is -2.09. The fourth-order valence-corrected chi connectivity index (χ4v) is 1.95. The summed E-state index contributed by atoms with van der Waals surface area (Å²) in [5.41, 5.74) is 1.44. The van der Waals surface area contributed by atoms with Crippen molar-refractivity contribution in [2.45, 2.75) is 0 Å². The molecule has 0 spiro atoms. The quantitative estimate of drug-likeness (QED) is 0.790. The van der Waals surface area contributed by atoms with Gasteiger partial charge in [0.2, 0.25) is 5.88 Å². The maximum atomic E-state index is 12.4. The highest BCUT2D eigenvalue weighted by molar-refractivity contribution is 6.04. The molecule has 3 rings (SSSR count). The number of methoxy groups -OCH3 is 1. The monoisotopic (exact) mass is 283 g/mol. The van der Waals surface area contributed by atoms with Crippen LogP contribution in [0, 0.1) is 0 Å². The average molecular weight is 283 g/mol. The molecule has 7 nitrogen and oxygen atoms in total. The van der Waals surface area contributed by atoms with Crippen LogP contribution in [0.1, 0.15) is 10.5 Å². The first-order valence-corrected chi connectivity index (χ1v) is 6.29. The van der Waals surface area contributed by atoms with Gasteiger partial charge in [-0.2, -0.15) is 5.10 Å². The predicted molar refractivity (Wildman–Crippen MR) is 77.3 cm³/mol. The van der Waals surface area contributed by atoms with Gasteiger partial charge in [-0.05, 0) is 12.1 Å². The van der Waals surface area contributed by atoms with Crippen LogP contribution >= 0.6 is 0 Å². The molecule has 0 atom stereocenters. The molecule has 0 fully saturated rings. The molecule has 106 valence electrons. The fourth-order valence-electron chi connectivity index (χ4n) is 1.95. The van der Waals surface area contributed by atoms with Gasteiger partial charge in [-0.25, -0.2) is 9.97 Å². The zero-order valence-corrected chi connectivity index (χ0v) is 11.6. The van der Waals surface area contributed by atoms with Crippen molar-refractivity contribution in [1.82, 2.24) is 19.7 Å². The molecule has 7 heteroatoms. The molecule has 21 heavy (non-hydrogen) atoms. The van der Waals surface area contributed by atoms with Crippen LogP contribution < -0.4 is 10.1 Å². The third-order valence-electron chi connectivity index (χ3n) is 3.01. The van der Waals surface area contributed by atoms with Gasteiger partial charge in [0.15, 0.2) is 5.69 Å². The topological polar surface area (TPSA) is 81.9 Å². The van der Waals surface area contributed by atoms with Crippen molar-refractivity contribution in [2.75, 3.05) is 12.4 Å². The number of aryl methyl sites for hydroxylation is 1. The molecule has 0 aliphatic rings. The SMILES string of the molecule is COc1nc2ccccc2nc1C(=O)Nc1ccnn1C. The van der Waals surface area contributed by atoms with Crippen molar-refractivity contribution < 1.29 is 9.53 Å². The number of anilines is 1. The van der Waals surface area contributed by atoms with E-state index < -0.39 is 5.91 Å². The Hall–Kier alpha value is -2.96. The number of para-hydroxylation sites is 2. The van der Waals surface area contributed by atoms with E-state index in [1.54, 1.807) is 30.1 Å². The molecule has 2 heterocycles. The molecule has 1 N–H and O–H groups in total. The van der Waals surface area contributed by atoms with Crippen molar-refractivity contribution in [3.8, 4) is 5.88 Å². The van der Waals surface area contributed by atoms with Gasteiger partial charge in [0, 0.05) is 13.1 Å². The summed E-state index contributed by atoms with van der Waals surface area (Å²) in [6.45, 7) is 0. The first-order valence-electron chi connectivity index (χ1n) is 6.29. The Morgan fingerprint density at radius 3 is 2.52 bits per heavy atom. The van der Waals surface area contributed by atoms with Crippen molar-refractivity contribution in [1.29, 1.82) is 0 Å². The summed E-state index contributed by atoms with van der Waals surface area (Å²) in [6.07, 6.45) is 1.60. The fraction of sp³-hybridized carbons (Fsp3) is 0.143. The zero-order chi connectivity index (χ0) is 14.8. The Morgan fingerprint density at radius 2 is 1.90 bits per heavy atom. The summed E-state index contributed by atoms with van der Waals surface area (Å²) >= 11 is 0. The highest BCUT2D eigenvalue weighted by atomic mass is 16.5. The van der Waals surface area contributed by atoms with E-state index in [2.05, 4.69) is 20.4 Å². The number of fused-ring (bicyclic) bond motifs is 1. The third kappa shape index (κ3) is 2.40. The molecular weight excluding hydrogens is 270 g/mol. The number of amides is 1. The van der Waals surface area contributed by atoms with Crippen LogP contribution in [0.25, 0.3) is 11.0 Å². The van der Waals surface area contributed by atoms with E-state index in [1.807, 2.05) is 18.2 Å². The predicted octanol–water partition coefficient (Wildman–Crippen LogP) is 1.62. The largest absolute Gasteiger partial charge is 0.479 e. The maximum Gasteiger partial charge on any atom is 0.281 e. The van der Waals surface area contributed by atoms with E-state index >= 15 is 0 Å². The number of carbonyl (C=O) groups is 1. The minimum absolute atomic E-state index is 0.136. The highest BCUT2D eigenvalue weighted by Gasteiger charge is 2.18. The summed E-state index contributed by atoms with van der Waals surface area (Å²) in [4.78, 5) is 21.0. The first-order chi connectivity index (χ1) is 10.2. The van der Waals surface area contributed by atoms with Gasteiger partial charge in [0.1, 0.15) is 5.82 Å². The van der Waals surface area contributed by atoms with Gasteiger partial charge in [-0.15, -0.1) is 0 Å². The van der Waals surface area contributed by atoms with E-state index in [0.29, 0.717) is 16.9 Å². The van der Waals surface area contributed by atoms with Gasteiger partial charge < -0.3 is 10.1 Å². The number of benzene rings is 1. The Labute approximate surface area is 120 Å². The highest BCUT2D eigenvalue weighted by Crippen LogP contribution is 2.19. The molecule has 0 aliphatic heterocycles. The normalized spacial score (nSPS) is 10.6. The maximum absolute atomic E-state index is 12.4. The molecule has 0 aliphatic carbocycles. The Balaban J connectivity index is 2.02. The minimum Gasteiger partial charge on any atom is -0.479 e. The number of aromatic nitrogens is 4. The summed E-state index contributed by atoms with van der Waals surface area (Å²) in [7, 11) is 3.19. The lowest BCUT2D eigenvalue weighted by Crippen LogP contribution is -2.17. The lowest BCUT2D eigenvalue weighted by atomic mass is 10.3. The number of hydrogen-bond donors (Lipinski definition) is 1. The smallest absolute Gasteiger partial charge is 0.281 e. The molecule has 1 aromatic carbocycles. The zero-order valence-electron chi connectivity index (χ0n) is 11.6. The first kappa shape index (κ1) is 13.0. The molecule has 0 radical (unpaired) electrons. The van der Waals surface area contributed by atoms with Gasteiger partial charge in [0.05, 0.1) is 24.3 Å². The van der Waals surface area contributed by atoms with Crippen LogP contribution in [0.4, 0.5) is 5.82 Å². The number of carbonyl (C=O) groups excluding carboxylic acids is 1. The second-order valence-corrected chi connectivity index (χ2v) is 4.36. The summed E-state index contributed by atoms with van der Waals surface area (Å²) in [5.74, 6) is 0.360. The molecule has 2 aromatic heterocycles. The second kappa shape index (κ2) is 5.20. The van der Waals surface area contributed by atoms with E-state index in [-0.39, 0.29) is 11.6 Å². The van der Waals surface area contributed by atoms with Crippen molar-refractivity contribution in [2.24, 2.45) is 7.05 Å². The average Bonchev–Trinajstić information content (AvgIpc) is 2.91. The summed E-state index contributed by atoms with van der Waals surface area (Å²) in [6, 6.07) is 8.99. The molecular formula is C14H13N5O2.